The van der Waals surface area contributed by atoms with Crippen LogP contribution in [0.25, 0.3) is 116 Å². The lowest BCUT2D eigenvalue weighted by molar-refractivity contribution is 0.620. The molecule has 6 nitrogen and oxygen atoms in total. The zero-order chi connectivity index (χ0) is 38.9. The van der Waals surface area contributed by atoms with Crippen LogP contribution < -0.4 is 0 Å². The van der Waals surface area contributed by atoms with Gasteiger partial charge >= 0.3 is 0 Å². The van der Waals surface area contributed by atoms with Crippen molar-refractivity contribution in [3.05, 3.63) is 188 Å². The normalized spacial score (nSPS) is 11.7. The number of hydrogen-bond donors (Lipinski definition) is 0. The van der Waals surface area contributed by atoms with Crippen molar-refractivity contribution in [3.8, 4) is 62.4 Å². The third-order valence-electron chi connectivity index (χ3n) is 11.1. The summed E-state index contributed by atoms with van der Waals surface area (Å²) in [5.74, 6) is 2.53. The van der Waals surface area contributed by atoms with Crippen LogP contribution in [0.5, 0.6) is 0 Å². The van der Waals surface area contributed by atoms with E-state index in [0.29, 0.717) is 23.4 Å². The molecule has 59 heavy (non-hydrogen) atoms. The van der Waals surface area contributed by atoms with E-state index < -0.39 is 0 Å². The van der Waals surface area contributed by atoms with E-state index in [-0.39, 0.29) is 0 Å². The lowest BCUT2D eigenvalue weighted by Crippen LogP contribution is -2.00. The molecule has 0 aliphatic carbocycles. The van der Waals surface area contributed by atoms with Crippen molar-refractivity contribution in [3.63, 3.8) is 0 Å². The van der Waals surface area contributed by atoms with Gasteiger partial charge in [-0.1, -0.05) is 121 Å². The first-order valence-electron chi connectivity index (χ1n) is 19.5. The molecular weight excluding hydrogens is 743 g/mol. The van der Waals surface area contributed by atoms with Crippen molar-refractivity contribution in [1.82, 2.24) is 24.5 Å². The highest BCUT2D eigenvalue weighted by atomic mass is 32.1. The van der Waals surface area contributed by atoms with Gasteiger partial charge in [0, 0.05) is 58.9 Å². The van der Waals surface area contributed by atoms with Crippen LogP contribution in [0.3, 0.4) is 0 Å². The van der Waals surface area contributed by atoms with E-state index in [4.69, 9.17) is 19.4 Å². The Hall–Kier alpha value is -7.74. The highest BCUT2D eigenvalue weighted by Crippen LogP contribution is 2.42. The Kier molecular flexibility index (Phi) is 7.61. The van der Waals surface area contributed by atoms with Gasteiger partial charge in [0.15, 0.2) is 23.1 Å². The number of hydrogen-bond acceptors (Lipinski definition) is 6. The largest absolute Gasteiger partial charge is 0.436 e. The highest BCUT2D eigenvalue weighted by Gasteiger charge is 2.19. The van der Waals surface area contributed by atoms with E-state index in [2.05, 4.69) is 155 Å². The first-order chi connectivity index (χ1) is 29.2. The van der Waals surface area contributed by atoms with E-state index in [0.717, 1.165) is 65.9 Å². The van der Waals surface area contributed by atoms with Gasteiger partial charge in [-0.25, -0.2) is 19.9 Å². The first kappa shape index (κ1) is 33.4. The van der Waals surface area contributed by atoms with Gasteiger partial charge in [-0.2, -0.15) is 0 Å². The van der Waals surface area contributed by atoms with Crippen molar-refractivity contribution >= 4 is 64.4 Å². The van der Waals surface area contributed by atoms with Crippen molar-refractivity contribution in [2.24, 2.45) is 0 Å². The number of rotatable bonds is 6. The number of benzene rings is 8. The number of thiophene rings is 1. The predicted octanol–water partition coefficient (Wildman–Crippen LogP) is 13.8. The molecule has 12 aromatic rings. The summed E-state index contributed by atoms with van der Waals surface area (Å²) in [7, 11) is 0. The third-order valence-corrected chi connectivity index (χ3v) is 12.3. The Labute approximate surface area is 342 Å². The first-order valence-corrected chi connectivity index (χ1v) is 20.4. The molecular formula is C52H31N5OS. The summed E-state index contributed by atoms with van der Waals surface area (Å²) in [6.45, 7) is 0. The Bertz CT molecular complexity index is 3520. The van der Waals surface area contributed by atoms with Gasteiger partial charge in [-0.05, 0) is 77.9 Å². The minimum absolute atomic E-state index is 0.623. The van der Waals surface area contributed by atoms with Crippen LogP contribution in [-0.2, 0) is 0 Å². The zero-order valence-corrected chi connectivity index (χ0v) is 32.3. The fourth-order valence-corrected chi connectivity index (χ4v) is 9.45. The summed E-state index contributed by atoms with van der Waals surface area (Å²) in [5.41, 5.74) is 11.1. The number of fused-ring (bicyclic) bond motifs is 7. The Balaban J connectivity index is 0.981. The SMILES string of the molecule is c1ccc(-c2nc(-c3ccc4c5ccccc5n(-c5ccccc5)c4c3)nc(-c3cccc4c3sc3ccc(-c5ccc(-c6nc7ccccc7o6)cc5)cc34)n2)cc1. The predicted molar refractivity (Wildman–Crippen MR) is 242 cm³/mol. The van der Waals surface area contributed by atoms with Crippen molar-refractivity contribution < 1.29 is 4.42 Å². The Morgan fingerprint density at radius 2 is 1.07 bits per heavy atom. The monoisotopic (exact) mass is 773 g/mol. The van der Waals surface area contributed by atoms with E-state index in [1.165, 1.54) is 26.2 Å². The minimum Gasteiger partial charge on any atom is -0.436 e. The maximum atomic E-state index is 6.03. The van der Waals surface area contributed by atoms with Crippen molar-refractivity contribution in [2.75, 3.05) is 0 Å². The van der Waals surface area contributed by atoms with Crippen LogP contribution >= 0.6 is 11.3 Å². The van der Waals surface area contributed by atoms with Gasteiger partial charge in [0.1, 0.15) is 5.52 Å². The molecule has 7 heteroatoms. The van der Waals surface area contributed by atoms with Crippen LogP contribution in [-0.4, -0.2) is 24.5 Å². The fraction of sp³-hybridized carbons (Fsp3) is 0. The summed E-state index contributed by atoms with van der Waals surface area (Å²) < 4.78 is 10.7. The molecule has 0 amide bonds. The van der Waals surface area contributed by atoms with Crippen LogP contribution in [0.4, 0.5) is 0 Å². The second kappa shape index (κ2) is 13.4. The summed E-state index contributed by atoms with van der Waals surface area (Å²) >= 11 is 1.77. The summed E-state index contributed by atoms with van der Waals surface area (Å²) in [6, 6.07) is 65.3. The lowest BCUT2D eigenvalue weighted by Gasteiger charge is -2.11. The van der Waals surface area contributed by atoms with Crippen LogP contribution in [0.1, 0.15) is 0 Å². The van der Waals surface area contributed by atoms with Gasteiger partial charge in [-0.15, -0.1) is 11.3 Å². The third kappa shape index (κ3) is 5.62. The average molecular weight is 774 g/mol. The maximum absolute atomic E-state index is 6.03. The number of oxazole rings is 1. The maximum Gasteiger partial charge on any atom is 0.227 e. The van der Waals surface area contributed by atoms with Gasteiger partial charge in [0.2, 0.25) is 5.89 Å². The minimum atomic E-state index is 0.623. The van der Waals surface area contributed by atoms with E-state index in [1.54, 1.807) is 11.3 Å². The molecule has 0 spiro atoms. The Morgan fingerprint density at radius 1 is 0.407 bits per heavy atom. The molecule has 8 aromatic carbocycles. The quantitative estimate of drug-likeness (QED) is 0.168. The van der Waals surface area contributed by atoms with Crippen molar-refractivity contribution in [1.29, 1.82) is 0 Å². The molecule has 0 N–H and O–H groups in total. The number of nitrogens with zero attached hydrogens (tertiary/aromatic N) is 5. The molecule has 0 bridgehead atoms. The number of aromatic nitrogens is 5. The van der Waals surface area contributed by atoms with Crippen LogP contribution in [0.2, 0.25) is 0 Å². The fourth-order valence-electron chi connectivity index (χ4n) is 8.26. The molecule has 4 heterocycles. The van der Waals surface area contributed by atoms with Crippen molar-refractivity contribution in [2.45, 2.75) is 0 Å². The van der Waals surface area contributed by atoms with E-state index in [9.17, 15) is 0 Å². The number of para-hydroxylation sites is 4. The van der Waals surface area contributed by atoms with Crippen LogP contribution in [0, 0.1) is 0 Å². The lowest BCUT2D eigenvalue weighted by atomic mass is 10.0. The van der Waals surface area contributed by atoms with Gasteiger partial charge in [-0.3, -0.25) is 0 Å². The van der Waals surface area contributed by atoms with Crippen LogP contribution in [0.15, 0.2) is 192 Å². The second-order valence-electron chi connectivity index (χ2n) is 14.7. The molecule has 0 fully saturated rings. The molecule has 0 unspecified atom stereocenters. The molecule has 12 rings (SSSR count). The van der Waals surface area contributed by atoms with E-state index >= 15 is 0 Å². The average Bonchev–Trinajstić information content (AvgIpc) is 4.01. The molecule has 4 aromatic heterocycles. The van der Waals surface area contributed by atoms with E-state index in [1.807, 2.05) is 42.5 Å². The second-order valence-corrected chi connectivity index (χ2v) is 15.7. The van der Waals surface area contributed by atoms with Gasteiger partial charge in [0.25, 0.3) is 0 Å². The molecule has 0 saturated carbocycles. The molecule has 0 saturated heterocycles. The zero-order valence-electron chi connectivity index (χ0n) is 31.5. The molecule has 0 radical (unpaired) electrons. The smallest absolute Gasteiger partial charge is 0.227 e. The van der Waals surface area contributed by atoms with Gasteiger partial charge in [0.05, 0.1) is 11.0 Å². The highest BCUT2D eigenvalue weighted by molar-refractivity contribution is 7.26. The topological polar surface area (TPSA) is 69.6 Å². The molecule has 276 valence electrons. The van der Waals surface area contributed by atoms with Gasteiger partial charge < -0.3 is 8.98 Å². The summed E-state index contributed by atoms with van der Waals surface area (Å²) in [4.78, 5) is 20.2. The summed E-state index contributed by atoms with van der Waals surface area (Å²) in [6.07, 6.45) is 0. The standard InChI is InChI=1S/C52H31N5OS/c1-3-12-33(13-4-1)49-54-50(36-26-28-39-38-16-7-9-20-44(38)57(45(39)31-36)37-14-5-2-6-15-37)56-51(55-49)41-18-11-17-40-42-30-35(27-29-47(42)59-48(40)41)32-22-24-34(25-23-32)52-53-43-19-8-10-21-46(43)58-52/h1-31H. The molecule has 0 aliphatic rings. The summed E-state index contributed by atoms with van der Waals surface area (Å²) in [5, 5.41) is 4.75. The molecule has 0 atom stereocenters. The Morgan fingerprint density at radius 3 is 1.92 bits per heavy atom. The molecule has 0 aliphatic heterocycles.